The van der Waals surface area contributed by atoms with Gasteiger partial charge >= 0.3 is 0 Å². The van der Waals surface area contributed by atoms with Gasteiger partial charge in [-0.3, -0.25) is 0 Å². The fraction of sp³-hybridized carbons (Fsp3) is 0.100. The maximum absolute atomic E-state index is 10.8. The van der Waals surface area contributed by atoms with E-state index >= 15 is 0 Å². The molecule has 0 aliphatic carbocycles. The molecule has 6 heteroatoms. The average Bonchev–Trinajstić information content (AvgIpc) is 2.80. The summed E-state index contributed by atoms with van der Waals surface area (Å²) in [5.74, 6) is -0.132. The zero-order valence-corrected chi connectivity index (χ0v) is 9.46. The van der Waals surface area contributed by atoms with Gasteiger partial charge in [0, 0.05) is 9.86 Å². The summed E-state index contributed by atoms with van der Waals surface area (Å²) in [7, 11) is 0. The van der Waals surface area contributed by atoms with Crippen LogP contribution in [0, 0.1) is 0 Å². The second-order valence-corrected chi connectivity index (χ2v) is 4.21. The maximum atomic E-state index is 10.8. The zero-order chi connectivity index (χ0) is 11.3. The van der Waals surface area contributed by atoms with Gasteiger partial charge in [-0.05, 0) is 28.1 Å². The topological polar surface area (TPSA) is 74.4 Å². The van der Waals surface area contributed by atoms with Gasteiger partial charge < -0.3 is 24.4 Å². The lowest BCUT2D eigenvalue weighted by molar-refractivity contribution is -0.255. The summed E-state index contributed by atoms with van der Waals surface area (Å²) >= 11 is 3.34. The van der Waals surface area contributed by atoms with Crippen LogP contribution in [0.5, 0.6) is 11.5 Å². The first-order valence-electron chi connectivity index (χ1n) is 4.49. The maximum Gasteiger partial charge on any atom is 0.231 e. The van der Waals surface area contributed by atoms with E-state index in [1.807, 2.05) is 0 Å². The smallest absolute Gasteiger partial charge is 0.231 e. The predicted molar refractivity (Wildman–Crippen MR) is 56.5 cm³/mol. The van der Waals surface area contributed by atoms with E-state index in [4.69, 9.17) is 9.47 Å². The summed E-state index contributed by atoms with van der Waals surface area (Å²) in [5, 5.41) is 11.5. The number of aromatic nitrogens is 1. The fourth-order valence-corrected chi connectivity index (χ4v) is 2.24. The SMILES string of the molecule is O=C([O-])c1cc2c(Br)cc3c(c2[nH]1)OCO3. The van der Waals surface area contributed by atoms with Crippen LogP contribution in [0.15, 0.2) is 16.6 Å². The van der Waals surface area contributed by atoms with Crippen LogP contribution >= 0.6 is 15.9 Å². The monoisotopic (exact) mass is 282 g/mol. The van der Waals surface area contributed by atoms with E-state index in [-0.39, 0.29) is 12.5 Å². The number of carbonyl (C=O) groups excluding carboxylic acids is 1. The van der Waals surface area contributed by atoms with Gasteiger partial charge in [-0.25, -0.2) is 0 Å². The zero-order valence-electron chi connectivity index (χ0n) is 7.87. The van der Waals surface area contributed by atoms with Crippen molar-refractivity contribution < 1.29 is 19.4 Å². The van der Waals surface area contributed by atoms with Gasteiger partial charge in [0.15, 0.2) is 11.5 Å². The predicted octanol–water partition coefficient (Wildman–Crippen LogP) is 1.02. The third-order valence-electron chi connectivity index (χ3n) is 2.42. The summed E-state index contributed by atoms with van der Waals surface area (Å²) in [6.07, 6.45) is 0. The Morgan fingerprint density at radius 1 is 1.44 bits per heavy atom. The largest absolute Gasteiger partial charge is 0.543 e. The standard InChI is InChI=1S/C10H6BrNO4/c11-5-2-7-9(16-3-15-7)8-4(5)1-6(12-8)10(13)14/h1-2,12H,3H2,(H,13,14)/p-1. The normalized spacial score (nSPS) is 13.3. The molecular weight excluding hydrogens is 278 g/mol. The lowest BCUT2D eigenvalue weighted by atomic mass is 10.2. The van der Waals surface area contributed by atoms with Gasteiger partial charge in [0.25, 0.3) is 0 Å². The molecule has 2 heterocycles. The molecule has 3 rings (SSSR count). The molecule has 0 saturated carbocycles. The van der Waals surface area contributed by atoms with Crippen LogP contribution in [0.25, 0.3) is 10.9 Å². The van der Waals surface area contributed by atoms with Gasteiger partial charge in [-0.2, -0.15) is 0 Å². The van der Waals surface area contributed by atoms with Crippen molar-refractivity contribution in [3.8, 4) is 11.5 Å². The van der Waals surface area contributed by atoms with Crippen molar-refractivity contribution in [2.24, 2.45) is 0 Å². The number of fused-ring (bicyclic) bond motifs is 3. The highest BCUT2D eigenvalue weighted by atomic mass is 79.9. The Morgan fingerprint density at radius 3 is 3.00 bits per heavy atom. The first-order chi connectivity index (χ1) is 7.66. The number of nitrogens with one attached hydrogen (secondary N) is 1. The number of aromatic amines is 1. The van der Waals surface area contributed by atoms with Crippen molar-refractivity contribution in [3.63, 3.8) is 0 Å². The van der Waals surface area contributed by atoms with Crippen LogP contribution in [-0.2, 0) is 0 Å². The van der Waals surface area contributed by atoms with Crippen LogP contribution in [0.1, 0.15) is 10.5 Å². The number of rotatable bonds is 1. The van der Waals surface area contributed by atoms with Crippen molar-refractivity contribution in [1.29, 1.82) is 0 Å². The summed E-state index contributed by atoms with van der Waals surface area (Å²) in [4.78, 5) is 13.5. The fourth-order valence-electron chi connectivity index (χ4n) is 1.72. The Kier molecular flexibility index (Phi) is 1.88. The summed E-state index contributed by atoms with van der Waals surface area (Å²) in [6.45, 7) is 0.139. The van der Waals surface area contributed by atoms with E-state index in [9.17, 15) is 9.90 Å². The highest BCUT2D eigenvalue weighted by Gasteiger charge is 2.20. The molecule has 1 aromatic carbocycles. The minimum Gasteiger partial charge on any atom is -0.543 e. The number of carboxylic acid groups (broad SMARTS) is 1. The minimum atomic E-state index is -1.25. The van der Waals surface area contributed by atoms with Crippen molar-refractivity contribution in [2.75, 3.05) is 6.79 Å². The quantitative estimate of drug-likeness (QED) is 0.848. The third kappa shape index (κ3) is 1.19. The summed E-state index contributed by atoms with van der Waals surface area (Å²) in [6, 6.07) is 3.24. The van der Waals surface area contributed by atoms with E-state index in [0.717, 1.165) is 9.86 Å². The molecule has 5 nitrogen and oxygen atoms in total. The average molecular weight is 283 g/mol. The second-order valence-electron chi connectivity index (χ2n) is 3.35. The van der Waals surface area contributed by atoms with Crippen LogP contribution in [0.2, 0.25) is 0 Å². The third-order valence-corrected chi connectivity index (χ3v) is 3.08. The Bertz CT molecular complexity index is 604. The van der Waals surface area contributed by atoms with Gasteiger partial charge in [0.1, 0.15) is 0 Å². The molecule has 0 spiro atoms. The molecule has 1 aromatic heterocycles. The van der Waals surface area contributed by atoms with Crippen molar-refractivity contribution in [3.05, 3.63) is 22.3 Å². The molecule has 82 valence electrons. The highest BCUT2D eigenvalue weighted by Crippen LogP contribution is 2.42. The first-order valence-corrected chi connectivity index (χ1v) is 5.28. The Labute approximate surface area is 98.1 Å². The highest BCUT2D eigenvalue weighted by molar-refractivity contribution is 9.10. The number of halogens is 1. The molecule has 16 heavy (non-hydrogen) atoms. The van der Waals surface area contributed by atoms with E-state index < -0.39 is 5.97 Å². The number of ether oxygens (including phenoxy) is 2. The lowest BCUT2D eigenvalue weighted by Gasteiger charge is -1.99. The number of H-pyrrole nitrogens is 1. The van der Waals surface area contributed by atoms with Crippen molar-refractivity contribution >= 4 is 32.8 Å². The van der Waals surface area contributed by atoms with Crippen molar-refractivity contribution in [1.82, 2.24) is 4.98 Å². The molecule has 0 unspecified atom stereocenters. The molecule has 0 saturated heterocycles. The Balaban J connectivity index is 2.37. The van der Waals surface area contributed by atoms with E-state index in [0.29, 0.717) is 17.0 Å². The lowest BCUT2D eigenvalue weighted by Crippen LogP contribution is -2.22. The first kappa shape index (κ1) is 9.53. The molecule has 0 radical (unpaired) electrons. The van der Waals surface area contributed by atoms with Crippen LogP contribution < -0.4 is 14.6 Å². The number of carboxylic acids is 1. The van der Waals surface area contributed by atoms with E-state index in [1.165, 1.54) is 6.07 Å². The molecule has 0 fully saturated rings. The van der Waals surface area contributed by atoms with Crippen LogP contribution in [0.4, 0.5) is 0 Å². The van der Waals surface area contributed by atoms with Gasteiger partial charge in [0.05, 0.1) is 17.2 Å². The molecule has 2 aromatic rings. The molecule has 0 amide bonds. The Morgan fingerprint density at radius 2 is 2.25 bits per heavy atom. The van der Waals surface area contributed by atoms with E-state index in [2.05, 4.69) is 20.9 Å². The van der Waals surface area contributed by atoms with Crippen LogP contribution in [0.3, 0.4) is 0 Å². The molecule has 0 atom stereocenters. The van der Waals surface area contributed by atoms with Gasteiger partial charge in [0.2, 0.25) is 6.79 Å². The number of benzene rings is 1. The number of hydrogen-bond acceptors (Lipinski definition) is 4. The number of aromatic carboxylic acids is 1. The molecule has 1 aliphatic heterocycles. The minimum absolute atomic E-state index is 0.0135. The van der Waals surface area contributed by atoms with Crippen molar-refractivity contribution in [2.45, 2.75) is 0 Å². The molecule has 1 N–H and O–H groups in total. The van der Waals surface area contributed by atoms with Crippen LogP contribution in [-0.4, -0.2) is 17.7 Å². The number of carbonyl (C=O) groups is 1. The second kappa shape index (κ2) is 3.15. The molecular formula is C10H5BrNO4-. The summed E-state index contributed by atoms with van der Waals surface area (Å²) in [5.41, 5.74) is 0.612. The number of hydrogen-bond donors (Lipinski definition) is 1. The van der Waals surface area contributed by atoms with Gasteiger partial charge in [-0.15, -0.1) is 0 Å². The molecule has 1 aliphatic rings. The summed E-state index contributed by atoms with van der Waals surface area (Å²) < 4.78 is 11.2. The van der Waals surface area contributed by atoms with E-state index in [1.54, 1.807) is 6.07 Å². The Hall–Kier alpha value is -1.69. The van der Waals surface area contributed by atoms with Gasteiger partial charge in [-0.1, -0.05) is 0 Å². The molecule has 0 bridgehead atoms.